The molecule has 0 radical (unpaired) electrons. The van der Waals surface area contributed by atoms with E-state index in [2.05, 4.69) is 254 Å². The first-order valence-corrected chi connectivity index (χ1v) is 26.9. The van der Waals surface area contributed by atoms with E-state index in [0.717, 1.165) is 45.3 Å². The third-order valence-electron chi connectivity index (χ3n) is 15.7. The number of terminal acetylenes is 2. The molecule has 2 aliphatic carbocycles. The van der Waals surface area contributed by atoms with Gasteiger partial charge in [0.05, 0.1) is 0 Å². The van der Waals surface area contributed by atoms with Crippen LogP contribution in [0.4, 0.5) is 34.1 Å². The molecule has 11 aromatic carbocycles. The Kier molecular flexibility index (Phi) is 15.2. The molecule has 0 heterocycles. The molecule has 0 N–H and O–H groups in total. The van der Waals surface area contributed by atoms with E-state index in [1.54, 1.807) is 0 Å². The van der Waals surface area contributed by atoms with Crippen LogP contribution in [-0.4, -0.2) is 0 Å². The average Bonchev–Trinajstić information content (AvgIpc) is 4.20. The van der Waals surface area contributed by atoms with Gasteiger partial charge in [0.25, 0.3) is 0 Å². The smallest absolute Gasteiger partial charge is 0.0463 e. The van der Waals surface area contributed by atoms with Crippen LogP contribution in [0.3, 0.4) is 0 Å². The maximum atomic E-state index is 5.58. The highest BCUT2D eigenvalue weighted by Gasteiger charge is 2.41. The Morgan fingerprint density at radius 1 is 0.278 bits per heavy atom. The Morgan fingerprint density at radius 2 is 0.506 bits per heavy atom. The van der Waals surface area contributed by atoms with Gasteiger partial charge in [-0.2, -0.15) is 0 Å². The van der Waals surface area contributed by atoms with Crippen LogP contribution in [-0.2, 0) is 10.8 Å². The Hall–Kier alpha value is -9.86. The number of hydrogen-bond donors (Lipinski definition) is 0. The molecule has 0 saturated carbocycles. The number of para-hydroxylation sites is 2. The molecular weight excluding hydrogens is 953 g/mol. The molecule has 0 aliphatic heterocycles. The fourth-order valence-corrected chi connectivity index (χ4v) is 11.7. The van der Waals surface area contributed by atoms with Crippen LogP contribution < -0.4 is 9.80 Å². The standard InChI is InChI=1S/C40H30.C34H24N2.C2H6.CH4/c1-39(35-15-7-3-11-31(35)32-12-4-8-16-36(32)39)29-23-19-27(20-24-29)28-21-25-30(26-22-28)40(2)37-17-9-5-13-33(37)34-14-6-10-18-38(34)40;1-3-27-15-19-31(20-16-27)35(29-11-7-5-8-12-29)33-23-25-34(26-24-33)36(30-13-9-6-10-14-30)32-21-17-28(4-2)18-22-32;1-2;/h3-26H,1-2H3;1-2,5-26H;1-2H3;1H4. The summed E-state index contributed by atoms with van der Waals surface area (Å²) >= 11 is 0. The van der Waals surface area contributed by atoms with Gasteiger partial charge in [0.1, 0.15) is 0 Å². The zero-order valence-electron chi connectivity index (χ0n) is 44.6. The second kappa shape index (κ2) is 22.8. The highest BCUT2D eigenvalue weighted by Crippen LogP contribution is 2.54. The molecule has 0 unspecified atom stereocenters. The predicted octanol–water partition coefficient (Wildman–Crippen LogP) is 20.3. The normalized spacial score (nSPS) is 12.4. The molecule has 2 heteroatoms. The van der Waals surface area contributed by atoms with Crippen LogP contribution >= 0.6 is 0 Å². The van der Waals surface area contributed by atoms with E-state index in [9.17, 15) is 0 Å². The summed E-state index contributed by atoms with van der Waals surface area (Å²) in [5, 5.41) is 0. The first-order chi connectivity index (χ1) is 38.4. The molecular formula is C77H64N2. The Balaban J connectivity index is 0.000000172. The lowest BCUT2D eigenvalue weighted by molar-refractivity contribution is 0.713. The summed E-state index contributed by atoms with van der Waals surface area (Å²) in [5.74, 6) is 5.39. The van der Waals surface area contributed by atoms with E-state index in [4.69, 9.17) is 12.8 Å². The largest absolute Gasteiger partial charge is 0.311 e. The SMILES string of the molecule is C.C#Cc1ccc(N(c2ccccc2)c2ccc(N(c3ccccc3)c3ccc(C#C)cc3)cc2)cc1.CC.CC1(c2ccc(-c3ccc(C4(C)c5ccccc5-c5ccccc54)cc3)cc2)c2ccccc2-c2ccccc21. The van der Waals surface area contributed by atoms with E-state index < -0.39 is 0 Å². The van der Waals surface area contributed by atoms with Crippen molar-refractivity contribution >= 4 is 34.1 Å². The molecule has 13 rings (SSSR count). The molecule has 0 amide bonds. The fourth-order valence-electron chi connectivity index (χ4n) is 11.7. The number of benzene rings is 11. The van der Waals surface area contributed by atoms with E-state index in [0.29, 0.717) is 0 Å². The maximum Gasteiger partial charge on any atom is 0.0463 e. The van der Waals surface area contributed by atoms with Crippen molar-refractivity contribution < 1.29 is 0 Å². The van der Waals surface area contributed by atoms with Crippen LogP contribution in [0.15, 0.2) is 279 Å². The molecule has 0 bridgehead atoms. The van der Waals surface area contributed by atoms with Crippen molar-refractivity contribution in [3.05, 3.63) is 324 Å². The molecule has 2 aliphatic rings. The van der Waals surface area contributed by atoms with Crippen LogP contribution in [0.1, 0.15) is 79.6 Å². The van der Waals surface area contributed by atoms with Gasteiger partial charge in [0.2, 0.25) is 0 Å². The number of fused-ring (bicyclic) bond motifs is 6. The fraction of sp³-hybridized carbons (Fsp3) is 0.0909. The molecule has 0 atom stereocenters. The summed E-state index contributed by atoms with van der Waals surface area (Å²) in [7, 11) is 0. The van der Waals surface area contributed by atoms with E-state index >= 15 is 0 Å². The lowest BCUT2D eigenvalue weighted by Crippen LogP contribution is -2.22. The third-order valence-corrected chi connectivity index (χ3v) is 15.7. The first kappa shape index (κ1) is 52.6. The van der Waals surface area contributed by atoms with Crippen LogP contribution in [0.25, 0.3) is 33.4 Å². The van der Waals surface area contributed by atoms with Crippen molar-refractivity contribution in [1.29, 1.82) is 0 Å². The maximum absolute atomic E-state index is 5.58. The van der Waals surface area contributed by atoms with E-state index in [1.165, 1.54) is 66.8 Å². The zero-order chi connectivity index (χ0) is 53.6. The van der Waals surface area contributed by atoms with Gasteiger partial charge in [-0.3, -0.25) is 0 Å². The zero-order valence-corrected chi connectivity index (χ0v) is 44.6. The van der Waals surface area contributed by atoms with Crippen molar-refractivity contribution in [3.63, 3.8) is 0 Å². The molecule has 11 aromatic rings. The summed E-state index contributed by atoms with van der Waals surface area (Å²) in [5.41, 5.74) is 23.8. The molecule has 0 fully saturated rings. The summed E-state index contributed by atoms with van der Waals surface area (Å²) < 4.78 is 0. The van der Waals surface area contributed by atoms with Gasteiger partial charge in [-0.25, -0.2) is 0 Å². The lowest BCUT2D eigenvalue weighted by atomic mass is 9.73. The van der Waals surface area contributed by atoms with E-state index in [-0.39, 0.29) is 18.3 Å². The summed E-state index contributed by atoms with van der Waals surface area (Å²) in [6.45, 7) is 8.75. The number of rotatable bonds is 9. The Morgan fingerprint density at radius 3 is 0.772 bits per heavy atom. The average molecular weight is 1020 g/mol. The van der Waals surface area contributed by atoms with E-state index in [1.807, 2.05) is 74.5 Å². The lowest BCUT2D eigenvalue weighted by Gasteiger charge is -2.29. The van der Waals surface area contributed by atoms with Gasteiger partial charge in [0, 0.05) is 56.1 Å². The molecule has 0 spiro atoms. The minimum atomic E-state index is -0.159. The molecule has 2 nitrogen and oxygen atoms in total. The first-order valence-electron chi connectivity index (χ1n) is 26.9. The Bertz CT molecular complexity index is 3580. The van der Waals surface area contributed by atoms with Gasteiger partial charge in [-0.1, -0.05) is 215 Å². The molecule has 79 heavy (non-hydrogen) atoms. The van der Waals surface area contributed by atoms with Crippen molar-refractivity contribution in [2.45, 2.75) is 46.0 Å². The summed E-state index contributed by atoms with van der Waals surface area (Å²) in [6.07, 6.45) is 11.2. The van der Waals surface area contributed by atoms with Gasteiger partial charge in [-0.05, 0) is 178 Å². The topological polar surface area (TPSA) is 6.48 Å². The van der Waals surface area contributed by atoms with Crippen LogP contribution in [0.5, 0.6) is 0 Å². The monoisotopic (exact) mass is 1020 g/mol. The molecule has 0 saturated heterocycles. The number of anilines is 6. The van der Waals surface area contributed by atoms with Gasteiger partial charge in [-0.15, -0.1) is 12.8 Å². The third kappa shape index (κ3) is 9.61. The Labute approximate surface area is 469 Å². The summed E-state index contributed by atoms with van der Waals surface area (Å²) in [4.78, 5) is 4.44. The van der Waals surface area contributed by atoms with Crippen molar-refractivity contribution in [2.24, 2.45) is 0 Å². The quantitative estimate of drug-likeness (QED) is 0.133. The predicted molar refractivity (Wildman–Crippen MR) is 337 cm³/mol. The number of nitrogens with zero attached hydrogens (tertiary/aromatic N) is 2. The molecule has 382 valence electrons. The highest BCUT2D eigenvalue weighted by atomic mass is 15.2. The van der Waals surface area contributed by atoms with Crippen molar-refractivity contribution in [3.8, 4) is 58.1 Å². The minimum absolute atomic E-state index is 0. The van der Waals surface area contributed by atoms with Crippen molar-refractivity contribution in [1.82, 2.24) is 0 Å². The van der Waals surface area contributed by atoms with Crippen molar-refractivity contribution in [2.75, 3.05) is 9.80 Å². The minimum Gasteiger partial charge on any atom is -0.311 e. The second-order valence-corrected chi connectivity index (χ2v) is 19.8. The van der Waals surface area contributed by atoms with Gasteiger partial charge < -0.3 is 9.80 Å². The van der Waals surface area contributed by atoms with Crippen LogP contribution in [0, 0.1) is 24.7 Å². The second-order valence-electron chi connectivity index (χ2n) is 19.8. The highest BCUT2D eigenvalue weighted by molar-refractivity contribution is 5.86. The number of hydrogen-bond acceptors (Lipinski definition) is 2. The van der Waals surface area contributed by atoms with Crippen LogP contribution in [0.2, 0.25) is 0 Å². The van der Waals surface area contributed by atoms with Gasteiger partial charge >= 0.3 is 0 Å². The van der Waals surface area contributed by atoms with Gasteiger partial charge in [0.15, 0.2) is 0 Å². The molecule has 0 aromatic heterocycles. The summed E-state index contributed by atoms with van der Waals surface area (Å²) in [6, 6.07) is 99.3.